The fourth-order valence-electron chi connectivity index (χ4n) is 5.90. The molecule has 0 amide bonds. The Kier molecular flexibility index (Phi) is 6.07. The number of ketones is 1. The minimum absolute atomic E-state index is 0.106. The second-order valence-corrected chi connectivity index (χ2v) is 12.0. The van der Waals surface area contributed by atoms with Gasteiger partial charge in [0.2, 0.25) is 10.0 Å². The van der Waals surface area contributed by atoms with Gasteiger partial charge in [-0.2, -0.15) is 0 Å². The number of nitrogens with zero attached hydrogens (tertiary/aromatic N) is 3. The molecule has 0 aliphatic heterocycles. The van der Waals surface area contributed by atoms with E-state index in [1.807, 2.05) is 34.6 Å². The van der Waals surface area contributed by atoms with Gasteiger partial charge in [-0.25, -0.2) is 23.1 Å². The molecular formula is C23H35N5O4S. The van der Waals surface area contributed by atoms with Crippen molar-refractivity contribution in [1.82, 2.24) is 19.3 Å². The molecule has 0 radical (unpaired) electrons. The zero-order valence-corrected chi connectivity index (χ0v) is 21.0. The molecule has 0 saturated heterocycles. The lowest BCUT2D eigenvalue weighted by atomic mass is 9.70. The van der Waals surface area contributed by atoms with Gasteiger partial charge in [0, 0.05) is 30.6 Å². The zero-order valence-electron chi connectivity index (χ0n) is 20.2. The van der Waals surface area contributed by atoms with Crippen molar-refractivity contribution in [3.8, 4) is 0 Å². The van der Waals surface area contributed by atoms with E-state index in [1.165, 1.54) is 0 Å². The number of rotatable bonds is 9. The summed E-state index contributed by atoms with van der Waals surface area (Å²) in [6.07, 6.45) is 2.10. The second-order valence-electron chi connectivity index (χ2n) is 10.1. The van der Waals surface area contributed by atoms with Crippen LogP contribution >= 0.6 is 0 Å². The predicted molar refractivity (Wildman–Crippen MR) is 127 cm³/mol. The van der Waals surface area contributed by atoms with Crippen LogP contribution in [0.3, 0.4) is 0 Å². The van der Waals surface area contributed by atoms with Crippen LogP contribution in [0.25, 0.3) is 11.0 Å². The van der Waals surface area contributed by atoms with Gasteiger partial charge in [-0.1, -0.05) is 13.8 Å². The van der Waals surface area contributed by atoms with E-state index in [4.69, 9.17) is 10.5 Å². The number of hydrogen-bond acceptors (Lipinski definition) is 7. The first-order chi connectivity index (χ1) is 15.4. The van der Waals surface area contributed by atoms with Crippen LogP contribution in [0.1, 0.15) is 50.2 Å². The van der Waals surface area contributed by atoms with Crippen molar-refractivity contribution in [2.75, 3.05) is 31.2 Å². The first-order valence-corrected chi connectivity index (χ1v) is 13.2. The van der Waals surface area contributed by atoms with Gasteiger partial charge >= 0.3 is 0 Å². The third-order valence-electron chi connectivity index (χ3n) is 8.19. The summed E-state index contributed by atoms with van der Waals surface area (Å²) in [4.78, 5) is 21.5. The first kappa shape index (κ1) is 24.1. The smallest absolute Gasteiger partial charge is 0.212 e. The lowest BCUT2D eigenvalue weighted by Gasteiger charge is -2.36. The molecule has 2 bridgehead atoms. The number of carbonyl (C=O) groups excluding carboxylic acids is 1. The summed E-state index contributed by atoms with van der Waals surface area (Å²) in [5, 5.41) is 0. The van der Waals surface area contributed by atoms with Gasteiger partial charge in [0.25, 0.3) is 0 Å². The van der Waals surface area contributed by atoms with Crippen LogP contribution in [0.2, 0.25) is 0 Å². The Morgan fingerprint density at radius 2 is 1.94 bits per heavy atom. The largest absolute Gasteiger partial charge is 0.382 e. The van der Waals surface area contributed by atoms with Crippen LogP contribution < -0.4 is 10.5 Å². The third kappa shape index (κ3) is 3.95. The molecule has 2 atom stereocenters. The van der Waals surface area contributed by atoms with Crippen molar-refractivity contribution in [3.05, 3.63) is 17.1 Å². The van der Waals surface area contributed by atoms with E-state index in [1.54, 1.807) is 0 Å². The van der Waals surface area contributed by atoms with Gasteiger partial charge in [-0.3, -0.25) is 4.79 Å². The highest BCUT2D eigenvalue weighted by molar-refractivity contribution is 7.89. The lowest BCUT2D eigenvalue weighted by Crippen LogP contribution is -2.45. The number of hydrogen-bond donors (Lipinski definition) is 2. The van der Waals surface area contributed by atoms with Gasteiger partial charge in [0.1, 0.15) is 17.1 Å². The SMILES string of the molecule is Cc1nc(N)c2nc(C)n(CCOCCNS(=O)(=O)CC34CCC(CC3=O)C4(C)C)c2c1C. The molecule has 4 rings (SSSR count). The number of aryl methyl sites for hydroxylation is 3. The summed E-state index contributed by atoms with van der Waals surface area (Å²) < 4.78 is 35.9. The number of pyridine rings is 1. The third-order valence-corrected chi connectivity index (χ3v) is 9.71. The number of anilines is 1. The van der Waals surface area contributed by atoms with Gasteiger partial charge in [0.15, 0.2) is 5.82 Å². The van der Waals surface area contributed by atoms with Crippen LogP contribution in [0, 0.1) is 37.5 Å². The molecule has 0 aromatic carbocycles. The Morgan fingerprint density at radius 1 is 1.21 bits per heavy atom. The lowest BCUT2D eigenvalue weighted by molar-refractivity contribution is -0.128. The molecule has 182 valence electrons. The maximum absolute atomic E-state index is 12.8. The molecule has 2 heterocycles. The first-order valence-electron chi connectivity index (χ1n) is 11.6. The molecule has 9 nitrogen and oxygen atoms in total. The van der Waals surface area contributed by atoms with E-state index in [2.05, 4.69) is 19.3 Å². The van der Waals surface area contributed by atoms with Crippen molar-refractivity contribution in [1.29, 1.82) is 0 Å². The van der Waals surface area contributed by atoms with E-state index in [0.717, 1.165) is 29.0 Å². The van der Waals surface area contributed by atoms with Crippen LogP contribution in [-0.4, -0.2) is 54.2 Å². The molecule has 2 saturated carbocycles. The Hall–Kier alpha value is -2.04. The maximum atomic E-state index is 12.8. The predicted octanol–water partition coefficient (Wildman–Crippen LogP) is 2.27. The number of ether oxygens (including phenoxy) is 1. The number of nitrogen functional groups attached to an aromatic ring is 1. The molecule has 2 fully saturated rings. The van der Waals surface area contributed by atoms with E-state index >= 15 is 0 Å². The minimum Gasteiger partial charge on any atom is -0.382 e. The molecule has 2 unspecified atom stereocenters. The molecule has 2 aliphatic carbocycles. The monoisotopic (exact) mass is 477 g/mol. The highest BCUT2D eigenvalue weighted by atomic mass is 32.2. The Balaban J connectivity index is 1.30. The van der Waals surface area contributed by atoms with E-state index in [-0.39, 0.29) is 30.1 Å². The van der Waals surface area contributed by atoms with Gasteiger partial charge in [-0.05, 0) is 50.5 Å². The normalized spacial score (nSPS) is 24.3. The number of sulfonamides is 1. The van der Waals surface area contributed by atoms with E-state index < -0.39 is 15.4 Å². The molecule has 2 aromatic heterocycles. The number of imidazole rings is 1. The molecule has 0 spiro atoms. The second kappa shape index (κ2) is 8.32. The van der Waals surface area contributed by atoms with Crippen LogP contribution in [0.5, 0.6) is 0 Å². The summed E-state index contributed by atoms with van der Waals surface area (Å²) in [5.41, 5.74) is 8.58. The maximum Gasteiger partial charge on any atom is 0.212 e. The average molecular weight is 478 g/mol. The van der Waals surface area contributed by atoms with Crippen molar-refractivity contribution >= 4 is 32.7 Å². The van der Waals surface area contributed by atoms with Gasteiger partial charge in [0.05, 0.1) is 24.5 Å². The average Bonchev–Trinajstić information content (AvgIpc) is 3.24. The van der Waals surface area contributed by atoms with Crippen molar-refractivity contribution in [2.45, 2.75) is 60.4 Å². The Morgan fingerprint density at radius 3 is 2.58 bits per heavy atom. The van der Waals surface area contributed by atoms with Crippen LogP contribution in [0.4, 0.5) is 5.82 Å². The summed E-state index contributed by atoms with van der Waals surface area (Å²) in [6, 6.07) is 0. The summed E-state index contributed by atoms with van der Waals surface area (Å²) in [6.45, 7) is 11.3. The standard InChI is InChI=1S/C23H35N5O4S/c1-14-15(2)26-21(24)19-20(14)28(16(3)27-19)9-11-32-10-8-25-33(30,31)13-23-7-6-17(12-18(23)29)22(23,4)5/h17,25H,6-13H2,1-5H3,(H2,24,26). The molecular weight excluding hydrogens is 442 g/mol. The van der Waals surface area contributed by atoms with Crippen LogP contribution in [-0.2, 0) is 26.1 Å². The number of nitrogens with one attached hydrogen (secondary N) is 1. The quantitative estimate of drug-likeness (QED) is 0.530. The molecule has 2 aromatic rings. The topological polar surface area (TPSA) is 129 Å². The Bertz CT molecular complexity index is 1200. The van der Waals surface area contributed by atoms with Crippen LogP contribution in [0.15, 0.2) is 0 Å². The van der Waals surface area contributed by atoms with Crippen molar-refractivity contribution < 1.29 is 17.9 Å². The van der Waals surface area contributed by atoms with E-state index in [9.17, 15) is 13.2 Å². The number of nitrogens with two attached hydrogens (primary N) is 1. The zero-order chi connectivity index (χ0) is 24.2. The van der Waals surface area contributed by atoms with Crippen molar-refractivity contribution in [3.63, 3.8) is 0 Å². The van der Waals surface area contributed by atoms with E-state index in [0.29, 0.717) is 43.2 Å². The molecule has 2 aliphatic rings. The number of carbonyl (C=O) groups is 1. The van der Waals surface area contributed by atoms with Gasteiger partial charge < -0.3 is 15.0 Å². The van der Waals surface area contributed by atoms with Gasteiger partial charge in [-0.15, -0.1) is 0 Å². The molecule has 10 heteroatoms. The highest BCUT2D eigenvalue weighted by Gasteiger charge is 2.65. The number of aromatic nitrogens is 3. The number of fused-ring (bicyclic) bond motifs is 3. The summed E-state index contributed by atoms with van der Waals surface area (Å²) in [5.74, 6) is 1.52. The molecule has 3 N–H and O–H groups in total. The molecule has 33 heavy (non-hydrogen) atoms. The van der Waals surface area contributed by atoms with Crippen molar-refractivity contribution in [2.24, 2.45) is 16.7 Å². The highest BCUT2D eigenvalue weighted by Crippen LogP contribution is 2.64. The minimum atomic E-state index is -3.58. The Labute approximate surface area is 195 Å². The number of Topliss-reactive ketones (excluding diaryl/α,β-unsaturated/α-hetero) is 1. The fourth-order valence-corrected chi connectivity index (χ4v) is 7.72. The summed E-state index contributed by atoms with van der Waals surface area (Å²) in [7, 11) is -3.58. The summed E-state index contributed by atoms with van der Waals surface area (Å²) >= 11 is 0. The fraction of sp³-hybridized carbons (Fsp3) is 0.696.